The van der Waals surface area contributed by atoms with E-state index in [-0.39, 0.29) is 18.1 Å². The molecule has 108 valence electrons. The maximum absolute atomic E-state index is 12.2. The van der Waals surface area contributed by atoms with Crippen molar-refractivity contribution in [1.82, 2.24) is 14.9 Å². The Bertz CT molecular complexity index is 712. The van der Waals surface area contributed by atoms with Crippen molar-refractivity contribution >= 4 is 21.6 Å². The highest BCUT2D eigenvalue weighted by molar-refractivity contribution is 7.89. The van der Waals surface area contributed by atoms with Gasteiger partial charge < -0.3 is 5.73 Å². The van der Waals surface area contributed by atoms with Crippen molar-refractivity contribution in [3.05, 3.63) is 46.1 Å². The molecule has 0 bridgehead atoms. The Morgan fingerprint density at radius 2 is 2.20 bits per heavy atom. The van der Waals surface area contributed by atoms with Crippen LogP contribution >= 0.6 is 11.6 Å². The fourth-order valence-corrected chi connectivity index (χ4v) is 3.22. The number of halogens is 1. The van der Waals surface area contributed by atoms with E-state index in [1.165, 1.54) is 0 Å². The Balaban J connectivity index is 2.19. The topological polar surface area (TPSA) is 101 Å². The molecule has 4 N–H and O–H groups in total. The molecule has 0 aliphatic carbocycles. The summed E-state index contributed by atoms with van der Waals surface area (Å²) in [5.41, 5.74) is 7.45. The Labute approximate surface area is 122 Å². The first-order valence-corrected chi connectivity index (χ1v) is 7.78. The maximum Gasteiger partial charge on any atom is 0.260 e. The van der Waals surface area contributed by atoms with Gasteiger partial charge >= 0.3 is 0 Å². The quantitative estimate of drug-likeness (QED) is 0.774. The number of H-pyrrole nitrogens is 1. The van der Waals surface area contributed by atoms with Crippen molar-refractivity contribution in [2.45, 2.75) is 25.0 Å². The van der Waals surface area contributed by atoms with Crippen LogP contribution in [0.25, 0.3) is 0 Å². The second-order valence-electron chi connectivity index (χ2n) is 4.29. The number of benzene rings is 1. The molecule has 0 spiro atoms. The molecular weight excluding hydrogens is 300 g/mol. The number of aromatic nitrogens is 2. The van der Waals surface area contributed by atoms with Crippen LogP contribution in [-0.4, -0.2) is 18.6 Å². The average molecular weight is 315 g/mol. The lowest BCUT2D eigenvalue weighted by atomic mass is 10.2. The van der Waals surface area contributed by atoms with Crippen LogP contribution in [0.15, 0.2) is 29.3 Å². The third kappa shape index (κ3) is 3.18. The predicted octanol–water partition coefficient (Wildman–Crippen LogP) is 1.31. The zero-order chi connectivity index (χ0) is 14.8. The van der Waals surface area contributed by atoms with Gasteiger partial charge in [0.25, 0.3) is 10.0 Å². The fourth-order valence-electron chi connectivity index (χ4n) is 1.79. The number of aryl methyl sites for hydroxylation is 1. The number of rotatable bonds is 5. The van der Waals surface area contributed by atoms with Gasteiger partial charge in [0.2, 0.25) is 0 Å². The number of nitrogens with two attached hydrogens (primary N) is 1. The average Bonchev–Trinajstić information content (AvgIpc) is 2.78. The smallest absolute Gasteiger partial charge is 0.260 e. The molecule has 0 saturated carbocycles. The lowest BCUT2D eigenvalue weighted by Gasteiger charge is -2.06. The van der Waals surface area contributed by atoms with Crippen molar-refractivity contribution in [3.63, 3.8) is 0 Å². The summed E-state index contributed by atoms with van der Waals surface area (Å²) in [6.07, 6.45) is 0. The van der Waals surface area contributed by atoms with E-state index in [1.54, 1.807) is 31.2 Å². The van der Waals surface area contributed by atoms with Crippen LogP contribution in [0, 0.1) is 6.92 Å². The molecule has 2 aromatic rings. The fraction of sp³-hybridized carbons (Fsp3) is 0.250. The van der Waals surface area contributed by atoms with Crippen LogP contribution in [0.4, 0.5) is 0 Å². The number of hydrogen-bond donors (Lipinski definition) is 3. The molecule has 1 aromatic heterocycles. The molecule has 6 nitrogen and oxygen atoms in total. The van der Waals surface area contributed by atoms with Crippen LogP contribution in [0.3, 0.4) is 0 Å². The Morgan fingerprint density at radius 1 is 1.45 bits per heavy atom. The first kappa shape index (κ1) is 15.0. The van der Waals surface area contributed by atoms with Gasteiger partial charge in [0.15, 0.2) is 5.03 Å². The summed E-state index contributed by atoms with van der Waals surface area (Å²) in [5.74, 6) is 0. The molecule has 1 heterocycles. The summed E-state index contributed by atoms with van der Waals surface area (Å²) >= 11 is 5.85. The zero-order valence-corrected chi connectivity index (χ0v) is 12.4. The highest BCUT2D eigenvalue weighted by Crippen LogP contribution is 2.16. The van der Waals surface area contributed by atoms with Gasteiger partial charge in [-0.2, -0.15) is 5.10 Å². The van der Waals surface area contributed by atoms with E-state index in [0.717, 1.165) is 5.56 Å². The molecule has 0 fully saturated rings. The molecular formula is C12H15ClN4O2S. The third-order valence-electron chi connectivity index (χ3n) is 2.85. The lowest BCUT2D eigenvalue weighted by molar-refractivity contribution is 0.575. The summed E-state index contributed by atoms with van der Waals surface area (Å²) in [6.45, 7) is 1.97. The highest BCUT2D eigenvalue weighted by atomic mass is 35.5. The number of nitrogens with zero attached hydrogens (tertiary/aromatic N) is 1. The highest BCUT2D eigenvalue weighted by Gasteiger charge is 2.22. The Kier molecular flexibility index (Phi) is 4.44. The van der Waals surface area contributed by atoms with Crippen molar-refractivity contribution in [2.75, 3.05) is 0 Å². The number of nitrogens with one attached hydrogen (secondary N) is 2. The largest absolute Gasteiger partial charge is 0.326 e. The minimum Gasteiger partial charge on any atom is -0.326 e. The van der Waals surface area contributed by atoms with Gasteiger partial charge in [0.1, 0.15) is 0 Å². The van der Waals surface area contributed by atoms with Crippen LogP contribution < -0.4 is 10.5 Å². The van der Waals surface area contributed by atoms with Gasteiger partial charge in [0, 0.05) is 29.4 Å². The van der Waals surface area contributed by atoms with Gasteiger partial charge in [-0.15, -0.1) is 0 Å². The van der Waals surface area contributed by atoms with Crippen molar-refractivity contribution in [2.24, 2.45) is 5.73 Å². The number of sulfonamides is 1. The SMILES string of the molecule is Cc1[nH]nc(S(=O)(=O)NCc2cccc(Cl)c2)c1CN. The van der Waals surface area contributed by atoms with E-state index >= 15 is 0 Å². The molecule has 0 aliphatic rings. The van der Waals surface area contributed by atoms with E-state index in [1.807, 2.05) is 0 Å². The third-order valence-corrected chi connectivity index (χ3v) is 4.46. The molecule has 0 radical (unpaired) electrons. The summed E-state index contributed by atoms with van der Waals surface area (Å²) in [7, 11) is -3.71. The lowest BCUT2D eigenvalue weighted by Crippen LogP contribution is -2.25. The van der Waals surface area contributed by atoms with E-state index < -0.39 is 10.0 Å². The zero-order valence-electron chi connectivity index (χ0n) is 10.9. The van der Waals surface area contributed by atoms with Crippen LogP contribution in [0.1, 0.15) is 16.8 Å². The van der Waals surface area contributed by atoms with Gasteiger partial charge in [-0.1, -0.05) is 23.7 Å². The van der Waals surface area contributed by atoms with Crippen LogP contribution in [0.5, 0.6) is 0 Å². The van der Waals surface area contributed by atoms with Crippen molar-refractivity contribution in [3.8, 4) is 0 Å². The summed E-state index contributed by atoms with van der Waals surface area (Å²) in [6, 6.07) is 6.97. The number of hydrogen-bond acceptors (Lipinski definition) is 4. The van der Waals surface area contributed by atoms with E-state index in [2.05, 4.69) is 14.9 Å². The molecule has 0 aliphatic heterocycles. The standard InChI is InChI=1S/C12H15ClN4O2S/c1-8-11(6-14)12(17-16-8)20(18,19)15-7-9-3-2-4-10(13)5-9/h2-5,15H,6-7,14H2,1H3,(H,16,17). The second kappa shape index (κ2) is 5.92. The second-order valence-corrected chi connectivity index (χ2v) is 6.41. The molecule has 1 aromatic carbocycles. The summed E-state index contributed by atoms with van der Waals surface area (Å²) in [5, 5.41) is 6.94. The minimum absolute atomic E-state index is 0.0560. The van der Waals surface area contributed by atoms with E-state index in [0.29, 0.717) is 16.3 Å². The Morgan fingerprint density at radius 3 is 2.85 bits per heavy atom. The van der Waals surface area contributed by atoms with E-state index in [9.17, 15) is 8.42 Å². The normalized spacial score (nSPS) is 11.8. The summed E-state index contributed by atoms with van der Waals surface area (Å²) < 4.78 is 26.9. The first-order valence-electron chi connectivity index (χ1n) is 5.92. The van der Waals surface area contributed by atoms with Gasteiger partial charge in [-0.05, 0) is 24.6 Å². The Hall–Kier alpha value is -1.41. The van der Waals surface area contributed by atoms with Gasteiger partial charge in [-0.3, -0.25) is 5.10 Å². The minimum atomic E-state index is -3.71. The molecule has 0 amide bonds. The first-order chi connectivity index (χ1) is 9.44. The van der Waals surface area contributed by atoms with Gasteiger partial charge in [0.05, 0.1) is 0 Å². The predicted molar refractivity (Wildman–Crippen MR) is 76.7 cm³/mol. The monoisotopic (exact) mass is 314 g/mol. The molecule has 8 heteroatoms. The number of aromatic amines is 1. The van der Waals surface area contributed by atoms with Crippen LogP contribution in [-0.2, 0) is 23.1 Å². The van der Waals surface area contributed by atoms with Crippen molar-refractivity contribution < 1.29 is 8.42 Å². The van der Waals surface area contributed by atoms with E-state index in [4.69, 9.17) is 17.3 Å². The summed E-state index contributed by atoms with van der Waals surface area (Å²) in [4.78, 5) is 0. The molecule has 0 atom stereocenters. The van der Waals surface area contributed by atoms with Crippen molar-refractivity contribution in [1.29, 1.82) is 0 Å². The molecule has 2 rings (SSSR count). The molecule has 0 saturated heterocycles. The van der Waals surface area contributed by atoms with Gasteiger partial charge in [-0.25, -0.2) is 13.1 Å². The molecule has 20 heavy (non-hydrogen) atoms. The maximum atomic E-state index is 12.2. The van der Waals surface area contributed by atoms with Crippen LogP contribution in [0.2, 0.25) is 5.02 Å². The molecule has 0 unspecified atom stereocenters.